The molecule has 3 N–H and O–H groups in total. The van der Waals surface area contributed by atoms with Crippen molar-refractivity contribution in [1.82, 2.24) is 5.32 Å². The van der Waals surface area contributed by atoms with E-state index in [1.165, 1.54) is 19.3 Å². The summed E-state index contributed by atoms with van der Waals surface area (Å²) in [4.78, 5) is 0. The predicted molar refractivity (Wildman–Crippen MR) is 73.1 cm³/mol. The summed E-state index contributed by atoms with van der Waals surface area (Å²) in [6.07, 6.45) is 4.02. The molecule has 0 amide bonds. The Bertz CT molecular complexity index is 207. The van der Waals surface area contributed by atoms with Crippen LogP contribution >= 0.6 is 0 Å². The third-order valence-electron chi connectivity index (χ3n) is 3.43. The van der Waals surface area contributed by atoms with E-state index >= 15 is 0 Å². The summed E-state index contributed by atoms with van der Waals surface area (Å²) < 4.78 is 5.56. The molecule has 0 aliphatic heterocycles. The first-order valence-electron chi connectivity index (χ1n) is 6.99. The van der Waals surface area contributed by atoms with Gasteiger partial charge in [0.1, 0.15) is 0 Å². The molecule has 3 nitrogen and oxygen atoms in total. The molecule has 0 radical (unpaired) electrons. The molecular weight excluding hydrogens is 212 g/mol. The second-order valence-corrected chi connectivity index (χ2v) is 6.52. The SMILES string of the molecule is CCOC1CC(NCC(CN)CC(C)(C)C)C1. The summed E-state index contributed by atoms with van der Waals surface area (Å²) in [7, 11) is 0. The molecule has 1 aliphatic rings. The summed E-state index contributed by atoms with van der Waals surface area (Å²) in [5.74, 6) is 0.598. The van der Waals surface area contributed by atoms with Crippen LogP contribution in [0.5, 0.6) is 0 Å². The van der Waals surface area contributed by atoms with Gasteiger partial charge in [-0.05, 0) is 50.6 Å². The van der Waals surface area contributed by atoms with Crippen LogP contribution in [-0.2, 0) is 4.74 Å². The van der Waals surface area contributed by atoms with Crippen LogP contribution in [0.2, 0.25) is 0 Å². The molecule has 0 heterocycles. The fraction of sp³-hybridized carbons (Fsp3) is 1.00. The molecular formula is C14H30N2O. The van der Waals surface area contributed by atoms with Crippen LogP contribution in [0.25, 0.3) is 0 Å². The minimum Gasteiger partial charge on any atom is -0.378 e. The highest BCUT2D eigenvalue weighted by Gasteiger charge is 2.29. The number of hydrogen-bond donors (Lipinski definition) is 2. The summed E-state index contributed by atoms with van der Waals surface area (Å²) in [5.41, 5.74) is 6.21. The van der Waals surface area contributed by atoms with Crippen molar-refractivity contribution in [2.24, 2.45) is 17.1 Å². The minimum absolute atomic E-state index is 0.374. The van der Waals surface area contributed by atoms with Gasteiger partial charge in [-0.25, -0.2) is 0 Å². The Balaban J connectivity index is 2.13. The molecule has 1 rings (SSSR count). The van der Waals surface area contributed by atoms with Gasteiger partial charge in [0, 0.05) is 12.6 Å². The number of nitrogens with two attached hydrogens (primary N) is 1. The normalized spacial score (nSPS) is 26.6. The van der Waals surface area contributed by atoms with E-state index in [-0.39, 0.29) is 0 Å². The number of hydrogen-bond acceptors (Lipinski definition) is 3. The van der Waals surface area contributed by atoms with Crippen molar-refractivity contribution in [2.75, 3.05) is 19.7 Å². The van der Waals surface area contributed by atoms with Gasteiger partial charge >= 0.3 is 0 Å². The van der Waals surface area contributed by atoms with Gasteiger partial charge in [-0.1, -0.05) is 20.8 Å². The lowest BCUT2D eigenvalue weighted by molar-refractivity contribution is -0.0108. The zero-order valence-corrected chi connectivity index (χ0v) is 12.0. The molecule has 1 saturated carbocycles. The first kappa shape index (κ1) is 14.9. The molecule has 1 atom stereocenters. The minimum atomic E-state index is 0.374. The standard InChI is InChI=1S/C14H30N2O/c1-5-17-13-6-12(7-13)16-10-11(9-15)8-14(2,3)4/h11-13,16H,5-10,15H2,1-4H3. The van der Waals surface area contributed by atoms with Gasteiger partial charge in [0.15, 0.2) is 0 Å². The van der Waals surface area contributed by atoms with Gasteiger partial charge in [-0.15, -0.1) is 0 Å². The first-order chi connectivity index (χ1) is 7.94. The van der Waals surface area contributed by atoms with Gasteiger partial charge in [0.25, 0.3) is 0 Å². The highest BCUT2D eigenvalue weighted by atomic mass is 16.5. The molecule has 17 heavy (non-hydrogen) atoms. The van der Waals surface area contributed by atoms with E-state index < -0.39 is 0 Å². The number of nitrogens with one attached hydrogen (secondary N) is 1. The molecule has 0 saturated heterocycles. The average Bonchev–Trinajstić information content (AvgIpc) is 2.17. The van der Waals surface area contributed by atoms with Crippen molar-refractivity contribution in [2.45, 2.75) is 59.1 Å². The zero-order valence-electron chi connectivity index (χ0n) is 12.0. The fourth-order valence-electron chi connectivity index (χ4n) is 2.54. The lowest BCUT2D eigenvalue weighted by Crippen LogP contribution is -2.47. The van der Waals surface area contributed by atoms with Crippen LogP contribution in [-0.4, -0.2) is 31.8 Å². The highest BCUT2D eigenvalue weighted by molar-refractivity contribution is 4.87. The summed E-state index contributed by atoms with van der Waals surface area (Å²) in [5, 5.41) is 3.62. The Labute approximate surface area is 106 Å². The topological polar surface area (TPSA) is 47.3 Å². The predicted octanol–water partition coefficient (Wildman–Crippen LogP) is 2.15. The van der Waals surface area contributed by atoms with Crippen molar-refractivity contribution in [3.05, 3.63) is 0 Å². The van der Waals surface area contributed by atoms with E-state index in [0.717, 1.165) is 19.7 Å². The van der Waals surface area contributed by atoms with E-state index in [1.54, 1.807) is 0 Å². The maximum atomic E-state index is 5.84. The molecule has 0 bridgehead atoms. The average molecular weight is 242 g/mol. The van der Waals surface area contributed by atoms with Crippen molar-refractivity contribution in [3.63, 3.8) is 0 Å². The van der Waals surface area contributed by atoms with Crippen LogP contribution < -0.4 is 11.1 Å². The molecule has 3 heteroatoms. The number of ether oxygens (including phenoxy) is 1. The lowest BCUT2D eigenvalue weighted by Gasteiger charge is -2.37. The second kappa shape index (κ2) is 6.72. The van der Waals surface area contributed by atoms with Crippen molar-refractivity contribution in [1.29, 1.82) is 0 Å². The summed E-state index contributed by atoms with van der Waals surface area (Å²) in [6.45, 7) is 11.6. The third-order valence-corrected chi connectivity index (χ3v) is 3.43. The van der Waals surface area contributed by atoms with Crippen LogP contribution in [0.3, 0.4) is 0 Å². The monoisotopic (exact) mass is 242 g/mol. The van der Waals surface area contributed by atoms with Crippen LogP contribution in [0, 0.1) is 11.3 Å². The van der Waals surface area contributed by atoms with Crippen LogP contribution in [0.1, 0.15) is 47.0 Å². The Morgan fingerprint density at radius 3 is 2.47 bits per heavy atom. The van der Waals surface area contributed by atoms with E-state index in [9.17, 15) is 0 Å². The van der Waals surface area contributed by atoms with Crippen molar-refractivity contribution >= 4 is 0 Å². The quantitative estimate of drug-likeness (QED) is 0.719. The highest BCUT2D eigenvalue weighted by Crippen LogP contribution is 2.26. The van der Waals surface area contributed by atoms with Gasteiger partial charge in [-0.3, -0.25) is 0 Å². The molecule has 1 unspecified atom stereocenters. The van der Waals surface area contributed by atoms with Crippen molar-refractivity contribution < 1.29 is 4.74 Å². The fourth-order valence-corrected chi connectivity index (χ4v) is 2.54. The molecule has 0 spiro atoms. The molecule has 0 aromatic heterocycles. The van der Waals surface area contributed by atoms with Crippen LogP contribution in [0.4, 0.5) is 0 Å². The van der Waals surface area contributed by atoms with Gasteiger partial charge in [0.05, 0.1) is 6.10 Å². The third kappa shape index (κ3) is 5.84. The smallest absolute Gasteiger partial charge is 0.0604 e. The zero-order chi connectivity index (χ0) is 12.9. The maximum Gasteiger partial charge on any atom is 0.0604 e. The molecule has 0 aromatic carbocycles. The molecule has 1 fully saturated rings. The van der Waals surface area contributed by atoms with Gasteiger partial charge < -0.3 is 15.8 Å². The van der Waals surface area contributed by atoms with Gasteiger partial charge in [0.2, 0.25) is 0 Å². The first-order valence-corrected chi connectivity index (χ1v) is 6.99. The van der Waals surface area contributed by atoms with E-state index in [1.807, 2.05) is 0 Å². The second-order valence-electron chi connectivity index (χ2n) is 6.52. The largest absolute Gasteiger partial charge is 0.378 e. The summed E-state index contributed by atoms with van der Waals surface area (Å²) >= 11 is 0. The van der Waals surface area contributed by atoms with Crippen LogP contribution in [0.15, 0.2) is 0 Å². The molecule has 1 aliphatic carbocycles. The van der Waals surface area contributed by atoms with Gasteiger partial charge in [-0.2, -0.15) is 0 Å². The lowest BCUT2D eigenvalue weighted by atomic mass is 9.83. The van der Waals surface area contributed by atoms with Crippen molar-refractivity contribution in [3.8, 4) is 0 Å². The maximum absolute atomic E-state index is 5.84. The van der Waals surface area contributed by atoms with E-state index in [0.29, 0.717) is 23.5 Å². The molecule has 0 aromatic rings. The summed E-state index contributed by atoms with van der Waals surface area (Å²) in [6, 6.07) is 0.653. The number of rotatable bonds is 7. The van der Waals surface area contributed by atoms with E-state index in [4.69, 9.17) is 10.5 Å². The Morgan fingerprint density at radius 1 is 1.35 bits per heavy atom. The Kier molecular flexibility index (Phi) is 5.90. The Hall–Kier alpha value is -0.120. The molecule has 102 valence electrons. The van der Waals surface area contributed by atoms with E-state index in [2.05, 4.69) is 33.0 Å². The Morgan fingerprint density at radius 2 is 2.00 bits per heavy atom.